The molecule has 0 saturated heterocycles. The summed E-state index contributed by atoms with van der Waals surface area (Å²) in [6.07, 6.45) is 12.2. The molecule has 1 aliphatic heterocycles. The van der Waals surface area contributed by atoms with Crippen LogP contribution in [0.5, 0.6) is 0 Å². The molecule has 0 atom stereocenters. The first-order chi connectivity index (χ1) is 17.2. The van der Waals surface area contributed by atoms with Crippen molar-refractivity contribution in [1.29, 1.82) is 0 Å². The van der Waals surface area contributed by atoms with E-state index in [0.29, 0.717) is 5.69 Å². The lowest BCUT2D eigenvalue weighted by Gasteiger charge is -2.26. The first-order valence-corrected chi connectivity index (χ1v) is 12.2. The number of nitrogens with zero attached hydrogens (tertiary/aromatic N) is 5. The van der Waals surface area contributed by atoms with E-state index in [2.05, 4.69) is 73.1 Å². The van der Waals surface area contributed by atoms with Gasteiger partial charge < -0.3 is 9.88 Å². The van der Waals surface area contributed by atoms with Gasteiger partial charge in [-0.1, -0.05) is 36.4 Å². The van der Waals surface area contributed by atoms with E-state index in [1.54, 1.807) is 6.20 Å². The van der Waals surface area contributed by atoms with E-state index >= 15 is 0 Å². The largest absolute Gasteiger partial charge is 0.330 e. The Labute approximate surface area is 205 Å². The smallest absolute Gasteiger partial charge is 0.275 e. The lowest BCUT2D eigenvalue weighted by atomic mass is 9.99. The second-order valence-electron chi connectivity index (χ2n) is 9.00. The Hall–Kier alpha value is -3.84. The fourth-order valence-electron chi connectivity index (χ4n) is 4.72. The van der Waals surface area contributed by atoms with E-state index in [1.807, 2.05) is 18.5 Å². The van der Waals surface area contributed by atoms with Crippen molar-refractivity contribution in [3.63, 3.8) is 0 Å². The topological polar surface area (TPSA) is 75.9 Å². The van der Waals surface area contributed by atoms with Crippen LogP contribution in [-0.4, -0.2) is 50.0 Å². The normalized spacial score (nSPS) is 14.1. The summed E-state index contributed by atoms with van der Waals surface area (Å²) >= 11 is 0. The SMILES string of the molecule is Cc1cc(NC(=O)c2cnccn2)cc2ncn(CCCCN3CC=C(c4ccccc4)CC3)c12. The maximum Gasteiger partial charge on any atom is 0.275 e. The number of benzene rings is 2. The Balaban J connectivity index is 1.14. The standard InChI is InChI=1S/C28H30N6O/c1-21-17-24(32-28(35)26-19-29-11-12-30-26)18-25-27(21)34(20-31-25)14-6-5-13-33-15-9-23(10-16-33)22-7-3-2-4-8-22/h2-4,7-9,11-12,17-20H,5-6,10,13-16H2,1H3,(H,32,35). The number of unbranched alkanes of at least 4 members (excludes halogenated alkanes) is 1. The first-order valence-electron chi connectivity index (χ1n) is 12.2. The fraction of sp³-hybridized carbons (Fsp3) is 0.286. The molecule has 1 N–H and O–H groups in total. The van der Waals surface area contributed by atoms with E-state index in [4.69, 9.17) is 0 Å². The molecule has 0 radical (unpaired) electrons. The summed E-state index contributed by atoms with van der Waals surface area (Å²) in [6.45, 7) is 6.25. The summed E-state index contributed by atoms with van der Waals surface area (Å²) in [4.78, 5) is 27.6. The molecule has 178 valence electrons. The van der Waals surface area contributed by atoms with Gasteiger partial charge in [0.25, 0.3) is 5.91 Å². The van der Waals surface area contributed by atoms with Crippen LogP contribution in [0, 0.1) is 6.92 Å². The highest BCUT2D eigenvalue weighted by atomic mass is 16.1. The molecular weight excluding hydrogens is 436 g/mol. The number of carbonyl (C=O) groups excluding carboxylic acids is 1. The number of rotatable bonds is 8. The van der Waals surface area contributed by atoms with Crippen molar-refractivity contribution < 1.29 is 4.79 Å². The Morgan fingerprint density at radius 1 is 1.06 bits per heavy atom. The maximum absolute atomic E-state index is 12.4. The number of aryl methyl sites for hydroxylation is 2. The van der Waals surface area contributed by atoms with Crippen molar-refractivity contribution in [3.05, 3.63) is 90.3 Å². The predicted molar refractivity (Wildman–Crippen MR) is 139 cm³/mol. The van der Waals surface area contributed by atoms with E-state index in [0.717, 1.165) is 62.0 Å². The highest BCUT2D eigenvalue weighted by Crippen LogP contribution is 2.24. The van der Waals surface area contributed by atoms with Crippen LogP contribution in [0.4, 0.5) is 5.69 Å². The van der Waals surface area contributed by atoms with Crippen LogP contribution in [-0.2, 0) is 6.54 Å². The van der Waals surface area contributed by atoms with Gasteiger partial charge in [0.1, 0.15) is 5.69 Å². The lowest BCUT2D eigenvalue weighted by Crippen LogP contribution is -2.29. The molecule has 4 aromatic rings. The van der Waals surface area contributed by atoms with Gasteiger partial charge in [-0.15, -0.1) is 0 Å². The summed E-state index contributed by atoms with van der Waals surface area (Å²) in [6, 6.07) is 14.6. The summed E-state index contributed by atoms with van der Waals surface area (Å²) in [5.74, 6) is -0.278. The van der Waals surface area contributed by atoms with Crippen LogP contribution >= 0.6 is 0 Å². The zero-order chi connectivity index (χ0) is 24.0. The highest BCUT2D eigenvalue weighted by molar-refractivity contribution is 6.03. The molecule has 7 nitrogen and oxygen atoms in total. The molecule has 7 heteroatoms. The van der Waals surface area contributed by atoms with Crippen LogP contribution < -0.4 is 5.32 Å². The van der Waals surface area contributed by atoms with Crippen molar-refractivity contribution in [1.82, 2.24) is 24.4 Å². The predicted octanol–water partition coefficient (Wildman–Crippen LogP) is 4.96. The van der Waals surface area contributed by atoms with Gasteiger partial charge >= 0.3 is 0 Å². The monoisotopic (exact) mass is 466 g/mol. The van der Waals surface area contributed by atoms with Gasteiger partial charge in [0.05, 0.1) is 23.6 Å². The van der Waals surface area contributed by atoms with Crippen molar-refractivity contribution in [2.24, 2.45) is 0 Å². The molecule has 0 fully saturated rings. The molecule has 1 aliphatic rings. The number of carbonyl (C=O) groups is 1. The zero-order valence-electron chi connectivity index (χ0n) is 20.0. The summed E-state index contributed by atoms with van der Waals surface area (Å²) < 4.78 is 2.22. The molecular formula is C28H30N6O. The molecule has 3 heterocycles. The average Bonchev–Trinajstić information content (AvgIpc) is 3.31. The number of hydrogen-bond donors (Lipinski definition) is 1. The average molecular weight is 467 g/mol. The number of amides is 1. The third-order valence-electron chi connectivity index (χ3n) is 6.52. The molecule has 0 spiro atoms. The number of nitrogens with one attached hydrogen (secondary N) is 1. The summed E-state index contributed by atoms with van der Waals surface area (Å²) in [5, 5.41) is 2.90. The van der Waals surface area contributed by atoms with Crippen LogP contribution in [0.2, 0.25) is 0 Å². The van der Waals surface area contributed by atoms with Crippen LogP contribution in [0.1, 0.15) is 40.9 Å². The molecule has 2 aromatic carbocycles. The van der Waals surface area contributed by atoms with E-state index in [-0.39, 0.29) is 11.6 Å². The van der Waals surface area contributed by atoms with Gasteiger partial charge in [-0.2, -0.15) is 0 Å². The van der Waals surface area contributed by atoms with Gasteiger partial charge in [-0.25, -0.2) is 9.97 Å². The highest BCUT2D eigenvalue weighted by Gasteiger charge is 2.14. The van der Waals surface area contributed by atoms with Crippen molar-refractivity contribution in [2.75, 3.05) is 25.0 Å². The Bertz CT molecular complexity index is 1330. The zero-order valence-corrected chi connectivity index (χ0v) is 20.0. The maximum atomic E-state index is 12.4. The van der Waals surface area contributed by atoms with Crippen molar-refractivity contribution in [3.8, 4) is 0 Å². The Morgan fingerprint density at radius 3 is 2.69 bits per heavy atom. The van der Waals surface area contributed by atoms with Gasteiger partial charge in [0.2, 0.25) is 0 Å². The van der Waals surface area contributed by atoms with E-state index in [1.165, 1.54) is 23.5 Å². The minimum atomic E-state index is -0.278. The fourth-order valence-corrected chi connectivity index (χ4v) is 4.72. The van der Waals surface area contributed by atoms with Crippen molar-refractivity contribution >= 4 is 28.2 Å². The quantitative estimate of drug-likeness (QED) is 0.372. The minimum absolute atomic E-state index is 0.278. The molecule has 0 aliphatic carbocycles. The Morgan fingerprint density at radius 2 is 1.91 bits per heavy atom. The minimum Gasteiger partial charge on any atom is -0.330 e. The number of imidazole rings is 1. The van der Waals surface area contributed by atoms with E-state index < -0.39 is 0 Å². The number of fused-ring (bicyclic) bond motifs is 1. The van der Waals surface area contributed by atoms with Crippen LogP contribution in [0.3, 0.4) is 0 Å². The van der Waals surface area contributed by atoms with Gasteiger partial charge in [0, 0.05) is 37.7 Å². The number of anilines is 1. The molecule has 5 rings (SSSR count). The van der Waals surface area contributed by atoms with Gasteiger partial charge in [-0.05, 0) is 61.6 Å². The molecule has 2 aromatic heterocycles. The molecule has 0 saturated carbocycles. The molecule has 0 unspecified atom stereocenters. The Kier molecular flexibility index (Phi) is 6.95. The summed E-state index contributed by atoms with van der Waals surface area (Å²) in [5.41, 5.74) is 6.91. The molecule has 0 bridgehead atoms. The second kappa shape index (κ2) is 10.6. The third-order valence-corrected chi connectivity index (χ3v) is 6.52. The molecule has 35 heavy (non-hydrogen) atoms. The van der Waals surface area contributed by atoms with Crippen molar-refractivity contribution in [2.45, 2.75) is 32.7 Å². The lowest BCUT2D eigenvalue weighted by molar-refractivity contribution is 0.102. The van der Waals surface area contributed by atoms with Crippen LogP contribution in [0.25, 0.3) is 16.6 Å². The second-order valence-corrected chi connectivity index (χ2v) is 9.00. The van der Waals surface area contributed by atoms with E-state index in [9.17, 15) is 4.79 Å². The third kappa shape index (κ3) is 5.46. The van der Waals surface area contributed by atoms with Crippen LogP contribution in [0.15, 0.2) is 73.5 Å². The number of aromatic nitrogens is 4. The summed E-state index contributed by atoms with van der Waals surface area (Å²) in [7, 11) is 0. The first kappa shape index (κ1) is 22.9. The number of hydrogen-bond acceptors (Lipinski definition) is 5. The van der Waals surface area contributed by atoms with Gasteiger partial charge in [0.15, 0.2) is 0 Å². The van der Waals surface area contributed by atoms with Gasteiger partial charge in [-0.3, -0.25) is 14.7 Å². The molecule has 1 amide bonds.